The van der Waals surface area contributed by atoms with Crippen molar-refractivity contribution >= 4 is 29.3 Å². The van der Waals surface area contributed by atoms with Crippen LogP contribution in [0.25, 0.3) is 6.08 Å². The summed E-state index contributed by atoms with van der Waals surface area (Å²) < 4.78 is 0. The number of hydrogen-bond acceptors (Lipinski definition) is 5. The molecule has 2 fully saturated rings. The monoisotopic (exact) mass is 448 g/mol. The fourth-order valence-corrected chi connectivity index (χ4v) is 4.41. The van der Waals surface area contributed by atoms with E-state index in [9.17, 15) is 19.7 Å². The third kappa shape index (κ3) is 5.58. The van der Waals surface area contributed by atoms with Gasteiger partial charge >= 0.3 is 0 Å². The second-order valence-corrected chi connectivity index (χ2v) is 8.43. The molecule has 4 rings (SSSR count). The van der Waals surface area contributed by atoms with E-state index < -0.39 is 4.92 Å². The molecule has 0 N–H and O–H groups in total. The van der Waals surface area contributed by atoms with Crippen molar-refractivity contribution in [1.29, 1.82) is 0 Å². The molecule has 2 aromatic rings. The first-order valence-corrected chi connectivity index (χ1v) is 11.3. The van der Waals surface area contributed by atoms with Gasteiger partial charge in [0.15, 0.2) is 0 Å². The molecule has 0 bridgehead atoms. The Morgan fingerprint density at radius 2 is 1.48 bits per heavy atom. The molecular weight excluding hydrogens is 420 g/mol. The maximum Gasteiger partial charge on any atom is 0.269 e. The Labute approximate surface area is 193 Å². The minimum absolute atomic E-state index is 0.0125. The van der Waals surface area contributed by atoms with Crippen LogP contribution in [-0.2, 0) is 9.59 Å². The van der Waals surface area contributed by atoms with Crippen LogP contribution in [0.3, 0.4) is 0 Å². The molecule has 2 amide bonds. The van der Waals surface area contributed by atoms with Crippen LogP contribution >= 0.6 is 0 Å². The van der Waals surface area contributed by atoms with Crippen LogP contribution in [0.4, 0.5) is 11.4 Å². The van der Waals surface area contributed by atoms with Gasteiger partial charge in [0, 0.05) is 69.1 Å². The first kappa shape index (κ1) is 22.5. The number of hydrogen-bond donors (Lipinski definition) is 0. The van der Waals surface area contributed by atoms with Crippen molar-refractivity contribution < 1.29 is 14.5 Å². The standard InChI is InChI=1S/C25H28N4O4/c30-24(11-6-20-4-2-1-3-5-20)27-14-12-21(13-15-27)25(31)28-18-16-26(17-19-28)22-7-9-23(10-8-22)29(32)33/h1-11,21H,12-19H2/b11-6+. The quantitative estimate of drug-likeness (QED) is 0.398. The summed E-state index contributed by atoms with van der Waals surface area (Å²) in [4.78, 5) is 41.8. The fourth-order valence-electron chi connectivity index (χ4n) is 4.41. The molecule has 172 valence electrons. The van der Waals surface area contributed by atoms with Gasteiger partial charge in [-0.15, -0.1) is 0 Å². The van der Waals surface area contributed by atoms with Crippen molar-refractivity contribution in [1.82, 2.24) is 9.80 Å². The van der Waals surface area contributed by atoms with Gasteiger partial charge in [-0.3, -0.25) is 19.7 Å². The number of carbonyl (C=O) groups excluding carboxylic acids is 2. The molecule has 0 atom stereocenters. The lowest BCUT2D eigenvalue weighted by Gasteiger charge is -2.39. The summed E-state index contributed by atoms with van der Waals surface area (Å²) in [6.45, 7) is 3.86. The van der Waals surface area contributed by atoms with Crippen molar-refractivity contribution in [3.63, 3.8) is 0 Å². The number of nitrogens with zero attached hydrogens (tertiary/aromatic N) is 4. The number of nitro benzene ring substituents is 1. The molecular formula is C25H28N4O4. The van der Waals surface area contributed by atoms with E-state index in [4.69, 9.17) is 0 Å². The number of rotatable bonds is 5. The molecule has 33 heavy (non-hydrogen) atoms. The minimum Gasteiger partial charge on any atom is -0.368 e. The van der Waals surface area contributed by atoms with Crippen molar-refractivity contribution in [3.8, 4) is 0 Å². The first-order chi connectivity index (χ1) is 16.0. The molecule has 0 saturated carbocycles. The highest BCUT2D eigenvalue weighted by Crippen LogP contribution is 2.24. The molecule has 2 aliphatic heterocycles. The normalized spacial score (nSPS) is 17.4. The molecule has 0 spiro atoms. The molecule has 2 aromatic carbocycles. The predicted molar refractivity (Wildman–Crippen MR) is 127 cm³/mol. The van der Waals surface area contributed by atoms with Crippen LogP contribution in [-0.4, -0.2) is 65.8 Å². The highest BCUT2D eigenvalue weighted by molar-refractivity contribution is 5.92. The molecule has 0 aromatic heterocycles. The van der Waals surface area contributed by atoms with Crippen molar-refractivity contribution in [2.75, 3.05) is 44.2 Å². The number of non-ortho nitro benzene ring substituents is 1. The Kier molecular flexibility index (Phi) is 7.02. The van der Waals surface area contributed by atoms with Gasteiger partial charge in [-0.2, -0.15) is 0 Å². The van der Waals surface area contributed by atoms with Crippen LogP contribution in [0.1, 0.15) is 18.4 Å². The lowest BCUT2D eigenvalue weighted by atomic mass is 9.95. The molecule has 0 unspecified atom stereocenters. The summed E-state index contributed by atoms with van der Waals surface area (Å²) in [7, 11) is 0. The van der Waals surface area contributed by atoms with Crippen molar-refractivity contribution in [2.24, 2.45) is 5.92 Å². The minimum atomic E-state index is -0.404. The number of piperazine rings is 1. The zero-order chi connectivity index (χ0) is 23.2. The Morgan fingerprint density at radius 3 is 2.09 bits per heavy atom. The number of carbonyl (C=O) groups is 2. The number of likely N-dealkylation sites (tertiary alicyclic amines) is 1. The van der Waals surface area contributed by atoms with Gasteiger partial charge in [0.1, 0.15) is 0 Å². The number of nitro groups is 1. The number of anilines is 1. The van der Waals surface area contributed by atoms with E-state index in [0.29, 0.717) is 52.1 Å². The van der Waals surface area contributed by atoms with Gasteiger partial charge in [-0.05, 0) is 36.6 Å². The Bertz CT molecular complexity index is 1010. The van der Waals surface area contributed by atoms with Crippen molar-refractivity contribution in [3.05, 3.63) is 76.4 Å². The van der Waals surface area contributed by atoms with Crippen LogP contribution < -0.4 is 4.90 Å². The average Bonchev–Trinajstić information content (AvgIpc) is 2.87. The zero-order valence-corrected chi connectivity index (χ0v) is 18.5. The third-order valence-corrected chi connectivity index (χ3v) is 6.39. The maximum absolute atomic E-state index is 13.0. The molecule has 8 nitrogen and oxygen atoms in total. The smallest absolute Gasteiger partial charge is 0.269 e. The zero-order valence-electron chi connectivity index (χ0n) is 18.5. The topological polar surface area (TPSA) is 87.0 Å². The van der Waals surface area contributed by atoms with Gasteiger partial charge in [0.05, 0.1) is 4.92 Å². The SMILES string of the molecule is O=C(/C=C/c1ccccc1)N1CCC(C(=O)N2CCN(c3ccc([N+](=O)[O-])cc3)CC2)CC1. The van der Waals surface area contributed by atoms with Gasteiger partial charge in [-0.25, -0.2) is 0 Å². The Hall–Kier alpha value is -3.68. The lowest BCUT2D eigenvalue weighted by Crippen LogP contribution is -2.52. The van der Waals surface area contributed by atoms with E-state index in [-0.39, 0.29) is 23.4 Å². The van der Waals surface area contributed by atoms with E-state index in [1.807, 2.05) is 46.2 Å². The fraction of sp³-hybridized carbons (Fsp3) is 0.360. The van der Waals surface area contributed by atoms with Crippen LogP contribution in [0.5, 0.6) is 0 Å². The van der Waals surface area contributed by atoms with E-state index in [1.54, 1.807) is 18.2 Å². The van der Waals surface area contributed by atoms with Gasteiger partial charge in [-0.1, -0.05) is 30.3 Å². The highest BCUT2D eigenvalue weighted by Gasteiger charge is 2.31. The average molecular weight is 449 g/mol. The summed E-state index contributed by atoms with van der Waals surface area (Å²) in [5.74, 6) is 0.116. The van der Waals surface area contributed by atoms with Crippen molar-refractivity contribution in [2.45, 2.75) is 12.8 Å². The molecule has 2 saturated heterocycles. The summed E-state index contributed by atoms with van der Waals surface area (Å²) in [6.07, 6.45) is 4.80. The van der Waals surface area contributed by atoms with E-state index in [2.05, 4.69) is 4.90 Å². The molecule has 0 radical (unpaired) electrons. The number of amides is 2. The van der Waals surface area contributed by atoms with Gasteiger partial charge in [0.25, 0.3) is 5.69 Å². The maximum atomic E-state index is 13.0. The molecule has 0 aliphatic carbocycles. The summed E-state index contributed by atoms with van der Waals surface area (Å²) in [6, 6.07) is 16.3. The Balaban J connectivity index is 1.23. The summed E-state index contributed by atoms with van der Waals surface area (Å²) in [5, 5.41) is 10.8. The number of benzene rings is 2. The van der Waals surface area contributed by atoms with Gasteiger partial charge < -0.3 is 14.7 Å². The van der Waals surface area contributed by atoms with Crippen LogP contribution in [0.15, 0.2) is 60.7 Å². The predicted octanol–water partition coefficient (Wildman–Crippen LogP) is 3.20. The second-order valence-electron chi connectivity index (χ2n) is 8.43. The molecule has 2 aliphatic rings. The van der Waals surface area contributed by atoms with Crippen LogP contribution in [0.2, 0.25) is 0 Å². The van der Waals surface area contributed by atoms with E-state index in [1.165, 1.54) is 12.1 Å². The first-order valence-electron chi connectivity index (χ1n) is 11.3. The number of piperidine rings is 1. The summed E-state index contributed by atoms with van der Waals surface area (Å²) in [5.41, 5.74) is 2.00. The molecule has 2 heterocycles. The third-order valence-electron chi connectivity index (χ3n) is 6.39. The second kappa shape index (κ2) is 10.3. The highest BCUT2D eigenvalue weighted by atomic mass is 16.6. The van der Waals surface area contributed by atoms with E-state index >= 15 is 0 Å². The molecule has 8 heteroatoms. The van der Waals surface area contributed by atoms with Crippen LogP contribution in [0, 0.1) is 16.0 Å². The van der Waals surface area contributed by atoms with Gasteiger partial charge in [0.2, 0.25) is 11.8 Å². The van der Waals surface area contributed by atoms with E-state index in [0.717, 1.165) is 11.3 Å². The Morgan fingerprint density at radius 1 is 0.848 bits per heavy atom. The summed E-state index contributed by atoms with van der Waals surface area (Å²) >= 11 is 0. The lowest BCUT2D eigenvalue weighted by molar-refractivity contribution is -0.384. The largest absolute Gasteiger partial charge is 0.368 e.